The molecule has 0 spiro atoms. The first-order valence-corrected chi connectivity index (χ1v) is 14.5. The van der Waals surface area contributed by atoms with Gasteiger partial charge in [0.2, 0.25) is 11.0 Å². The molecule has 9 heteroatoms. The van der Waals surface area contributed by atoms with Gasteiger partial charge >= 0.3 is 0 Å². The lowest BCUT2D eigenvalue weighted by Crippen LogP contribution is -2.14. The minimum atomic E-state index is -0.241. The predicted molar refractivity (Wildman–Crippen MR) is 156 cm³/mol. The highest BCUT2D eigenvalue weighted by molar-refractivity contribution is 8.17. The Hall–Kier alpha value is -3.30. The lowest BCUT2D eigenvalue weighted by molar-refractivity contribution is -0.117. The third-order valence-electron chi connectivity index (χ3n) is 6.65. The van der Waals surface area contributed by atoms with E-state index in [9.17, 15) is 9.59 Å². The molecule has 0 radical (unpaired) electrons. The number of carbonyl (C=O) groups is 2. The summed E-state index contributed by atoms with van der Waals surface area (Å²) >= 11 is 2.87. The van der Waals surface area contributed by atoms with Crippen LogP contribution in [-0.4, -0.2) is 27.2 Å². The third-order valence-corrected chi connectivity index (χ3v) is 8.85. The van der Waals surface area contributed by atoms with E-state index in [-0.39, 0.29) is 29.3 Å². The van der Waals surface area contributed by atoms with Crippen LogP contribution in [0.15, 0.2) is 76.1 Å². The van der Waals surface area contributed by atoms with Crippen LogP contribution in [-0.2, 0) is 22.4 Å². The second-order valence-electron chi connectivity index (χ2n) is 9.47. The second kappa shape index (κ2) is 13.5. The van der Waals surface area contributed by atoms with Gasteiger partial charge in [0.05, 0.1) is 12.8 Å². The quantitative estimate of drug-likeness (QED) is 0.247. The van der Waals surface area contributed by atoms with Crippen LogP contribution in [0, 0.1) is 5.92 Å². The van der Waals surface area contributed by atoms with Gasteiger partial charge in [-0.25, -0.2) is 0 Å². The minimum absolute atomic E-state index is 0.0973. The van der Waals surface area contributed by atoms with Crippen molar-refractivity contribution in [2.75, 3.05) is 5.32 Å². The normalized spacial score (nSPS) is 18.2. The van der Waals surface area contributed by atoms with Gasteiger partial charge < -0.3 is 11.1 Å². The van der Waals surface area contributed by atoms with Crippen molar-refractivity contribution in [3.8, 4) is 0 Å². The van der Waals surface area contributed by atoms with Crippen LogP contribution in [0.2, 0.25) is 0 Å². The zero-order chi connectivity index (χ0) is 26.9. The van der Waals surface area contributed by atoms with Crippen LogP contribution in [0.1, 0.15) is 61.6 Å². The van der Waals surface area contributed by atoms with E-state index in [1.165, 1.54) is 33.6 Å². The molecular weight excluding hydrogens is 514 g/mol. The fraction of sp³-hybridized carbons (Fsp3) is 0.345. The van der Waals surface area contributed by atoms with Crippen molar-refractivity contribution in [1.29, 1.82) is 0 Å². The van der Waals surface area contributed by atoms with Crippen molar-refractivity contribution >= 4 is 45.2 Å². The summed E-state index contributed by atoms with van der Waals surface area (Å²) in [6.45, 7) is 4.26. The Morgan fingerprint density at radius 1 is 1.03 bits per heavy atom. The van der Waals surface area contributed by atoms with Crippen LogP contribution in [0.4, 0.5) is 5.13 Å². The number of thioether (sulfide) groups is 1. The number of aromatic nitrogens is 2. The fourth-order valence-electron chi connectivity index (χ4n) is 4.60. The SMILES string of the molecule is CCC(C)=C(SC(N)=NC(=O)Cc1ccccc1)C1CCC(c2nnc(NC(=O)Cc3ccccc3)s2)C1. The zero-order valence-electron chi connectivity index (χ0n) is 21.7. The van der Waals surface area contributed by atoms with Gasteiger partial charge in [0.1, 0.15) is 5.01 Å². The van der Waals surface area contributed by atoms with E-state index in [1.54, 1.807) is 0 Å². The van der Waals surface area contributed by atoms with Crippen LogP contribution in [0.25, 0.3) is 0 Å². The Morgan fingerprint density at radius 2 is 1.68 bits per heavy atom. The zero-order valence-corrected chi connectivity index (χ0v) is 23.4. The number of rotatable bonds is 9. The molecule has 2 aromatic carbocycles. The van der Waals surface area contributed by atoms with Crippen LogP contribution >= 0.6 is 23.1 Å². The Labute approximate surface area is 232 Å². The number of nitrogens with zero attached hydrogens (tertiary/aromatic N) is 3. The van der Waals surface area contributed by atoms with Gasteiger partial charge in [0.15, 0.2) is 5.17 Å². The molecule has 1 fully saturated rings. The summed E-state index contributed by atoms with van der Waals surface area (Å²) in [6, 6.07) is 19.2. The van der Waals surface area contributed by atoms with Crippen molar-refractivity contribution in [1.82, 2.24) is 10.2 Å². The number of carbonyl (C=O) groups excluding carboxylic acids is 2. The molecule has 1 aliphatic carbocycles. The molecule has 1 aliphatic rings. The highest BCUT2D eigenvalue weighted by Gasteiger charge is 2.32. The standard InChI is InChI=1S/C29H33N5O2S2/c1-3-19(2)26(37-28(30)31-24(35)16-20-10-6-4-7-11-20)22-14-15-23(18-22)27-33-34-29(38-27)32-25(36)17-21-12-8-5-9-13-21/h4-13,22-23H,3,14-18H2,1-2H3,(H2,30,31,35)(H,32,34,36). The second-order valence-corrected chi connectivity index (χ2v) is 11.5. The number of allylic oxidation sites excluding steroid dienone is 2. The van der Waals surface area contributed by atoms with Crippen molar-refractivity contribution in [3.63, 3.8) is 0 Å². The summed E-state index contributed by atoms with van der Waals surface area (Å²) in [5.74, 6) is 0.257. The van der Waals surface area contributed by atoms with Crippen LogP contribution in [0.5, 0.6) is 0 Å². The fourth-order valence-corrected chi connectivity index (χ4v) is 6.58. The van der Waals surface area contributed by atoms with Crippen LogP contribution in [0.3, 0.4) is 0 Å². The smallest absolute Gasteiger partial charge is 0.252 e. The molecule has 1 heterocycles. The Morgan fingerprint density at radius 3 is 2.34 bits per heavy atom. The summed E-state index contributed by atoms with van der Waals surface area (Å²) in [6.07, 6.45) is 4.37. The lowest BCUT2D eigenvalue weighted by Gasteiger charge is -2.17. The molecule has 0 bridgehead atoms. The van der Waals surface area contributed by atoms with Gasteiger partial charge in [-0.15, -0.1) is 10.2 Å². The molecular formula is C29H33N5O2S2. The molecule has 2 atom stereocenters. The Bertz CT molecular complexity index is 1300. The first kappa shape index (κ1) is 27.7. The van der Waals surface area contributed by atoms with E-state index in [2.05, 4.69) is 34.4 Å². The highest BCUT2D eigenvalue weighted by Crippen LogP contribution is 2.46. The summed E-state index contributed by atoms with van der Waals surface area (Å²) in [4.78, 5) is 30.2. The predicted octanol–water partition coefficient (Wildman–Crippen LogP) is 6.10. The number of nitrogens with two attached hydrogens (primary N) is 1. The molecule has 4 rings (SSSR count). The van der Waals surface area contributed by atoms with E-state index < -0.39 is 0 Å². The van der Waals surface area contributed by atoms with Gasteiger partial charge in [-0.2, -0.15) is 4.99 Å². The van der Waals surface area contributed by atoms with E-state index >= 15 is 0 Å². The lowest BCUT2D eigenvalue weighted by atomic mass is 10.0. The topological polar surface area (TPSA) is 110 Å². The molecule has 3 N–H and O–H groups in total. The number of hydrogen-bond donors (Lipinski definition) is 2. The molecule has 2 amide bonds. The molecule has 2 unspecified atom stereocenters. The Kier molecular flexibility index (Phi) is 9.84. The molecule has 7 nitrogen and oxygen atoms in total. The van der Waals surface area contributed by atoms with Gasteiger partial charge in [0.25, 0.3) is 5.91 Å². The maximum absolute atomic E-state index is 12.4. The van der Waals surface area contributed by atoms with E-state index in [0.717, 1.165) is 41.8 Å². The number of hydrogen-bond acceptors (Lipinski definition) is 6. The average Bonchev–Trinajstić information content (AvgIpc) is 3.58. The van der Waals surface area contributed by atoms with Crippen molar-refractivity contribution in [2.45, 2.75) is 58.3 Å². The molecule has 1 saturated carbocycles. The van der Waals surface area contributed by atoms with Gasteiger partial charge in [0, 0.05) is 5.92 Å². The number of aliphatic imine (C=N–C) groups is 1. The van der Waals surface area contributed by atoms with Gasteiger partial charge in [-0.1, -0.05) is 96.3 Å². The maximum Gasteiger partial charge on any atom is 0.252 e. The molecule has 3 aromatic rings. The van der Waals surface area contributed by atoms with Gasteiger partial charge in [-0.3, -0.25) is 9.59 Å². The summed E-state index contributed by atoms with van der Waals surface area (Å²) in [5, 5.41) is 13.3. The van der Waals surface area contributed by atoms with Crippen LogP contribution < -0.4 is 11.1 Å². The summed E-state index contributed by atoms with van der Waals surface area (Å²) < 4.78 is 0. The molecule has 1 aromatic heterocycles. The maximum atomic E-state index is 12.4. The highest BCUT2D eigenvalue weighted by atomic mass is 32.2. The largest absolute Gasteiger partial charge is 0.378 e. The molecule has 38 heavy (non-hydrogen) atoms. The molecule has 0 aliphatic heterocycles. The number of benzene rings is 2. The minimum Gasteiger partial charge on any atom is -0.378 e. The first-order valence-electron chi connectivity index (χ1n) is 12.9. The number of nitrogens with one attached hydrogen (secondary N) is 1. The van der Waals surface area contributed by atoms with E-state index in [1.807, 2.05) is 60.7 Å². The van der Waals surface area contributed by atoms with Gasteiger partial charge in [-0.05, 0) is 54.6 Å². The number of amidine groups is 1. The van der Waals surface area contributed by atoms with Crippen molar-refractivity contribution < 1.29 is 9.59 Å². The first-order chi connectivity index (χ1) is 18.4. The van der Waals surface area contributed by atoms with E-state index in [4.69, 9.17) is 5.73 Å². The molecule has 198 valence electrons. The molecule has 0 saturated heterocycles. The summed E-state index contributed by atoms with van der Waals surface area (Å²) in [5.41, 5.74) is 9.38. The van der Waals surface area contributed by atoms with E-state index in [0.29, 0.717) is 17.5 Å². The summed E-state index contributed by atoms with van der Waals surface area (Å²) in [7, 11) is 0. The number of anilines is 1. The third kappa shape index (κ3) is 7.85. The average molecular weight is 548 g/mol. The number of amides is 2. The monoisotopic (exact) mass is 547 g/mol. The Balaban J connectivity index is 1.35. The van der Waals surface area contributed by atoms with Crippen molar-refractivity contribution in [2.24, 2.45) is 16.6 Å². The van der Waals surface area contributed by atoms with Crippen molar-refractivity contribution in [3.05, 3.63) is 87.3 Å².